The average molecular weight is 341 g/mol. The van der Waals surface area contributed by atoms with Crippen molar-refractivity contribution in [1.82, 2.24) is 14.7 Å². The number of fused-ring (bicyclic) bond motifs is 1. The predicted molar refractivity (Wildman–Crippen MR) is 94.4 cm³/mol. The molecule has 3 heterocycles. The second kappa shape index (κ2) is 6.26. The smallest absolute Gasteiger partial charge is 0.275 e. The van der Waals surface area contributed by atoms with E-state index in [1.54, 1.807) is 6.07 Å². The molecule has 1 amide bonds. The van der Waals surface area contributed by atoms with Crippen molar-refractivity contribution >= 4 is 16.7 Å². The van der Waals surface area contributed by atoms with Gasteiger partial charge in [-0.2, -0.15) is 5.10 Å². The number of carbonyl (C=O) groups excluding carboxylic acids is 1. The van der Waals surface area contributed by atoms with Gasteiger partial charge in [-0.05, 0) is 32.3 Å². The van der Waals surface area contributed by atoms with Crippen LogP contribution in [0.2, 0.25) is 0 Å². The summed E-state index contributed by atoms with van der Waals surface area (Å²) in [7, 11) is 0. The minimum Gasteiger partial charge on any atom is -0.381 e. The zero-order chi connectivity index (χ0) is 17.4. The first-order chi connectivity index (χ1) is 12.1. The molecular weight excluding hydrogens is 318 g/mol. The molecule has 132 valence electrons. The van der Waals surface area contributed by atoms with Gasteiger partial charge in [0.2, 0.25) is 5.91 Å². The maximum atomic E-state index is 12.8. The average Bonchev–Trinajstić information content (AvgIpc) is 3.07. The molecule has 0 N–H and O–H groups in total. The van der Waals surface area contributed by atoms with Crippen molar-refractivity contribution < 1.29 is 9.53 Å². The molecule has 25 heavy (non-hydrogen) atoms. The second-order valence-electron chi connectivity index (χ2n) is 7.32. The van der Waals surface area contributed by atoms with Crippen LogP contribution >= 0.6 is 0 Å². The number of benzene rings is 1. The highest BCUT2D eigenvalue weighted by Gasteiger charge is 2.40. The van der Waals surface area contributed by atoms with Crippen LogP contribution in [0.3, 0.4) is 0 Å². The normalized spacial score (nSPS) is 23.5. The summed E-state index contributed by atoms with van der Waals surface area (Å²) < 4.78 is 6.87. The molecule has 2 aliphatic heterocycles. The first-order valence-electron chi connectivity index (χ1n) is 8.90. The van der Waals surface area contributed by atoms with Crippen LogP contribution in [-0.4, -0.2) is 46.9 Å². The molecule has 0 saturated carbocycles. The number of hydrogen-bond acceptors (Lipinski definition) is 4. The Bertz CT molecular complexity index is 868. The standard InChI is InChI=1S/C19H23N3O3/c1-14-15-5-2-3-6-16(15)18(24)22(20-14)11-17(23)21-9-4-7-19(12-21)8-10-25-13-19/h2-3,5-6H,4,7-13H2,1H3/t19-/m1/s1. The van der Waals surface area contributed by atoms with Crippen LogP contribution in [0.1, 0.15) is 25.0 Å². The molecule has 2 saturated heterocycles. The monoisotopic (exact) mass is 341 g/mol. The van der Waals surface area contributed by atoms with Crippen molar-refractivity contribution in [1.29, 1.82) is 0 Å². The molecule has 6 nitrogen and oxygen atoms in total. The van der Waals surface area contributed by atoms with Gasteiger partial charge in [-0.15, -0.1) is 0 Å². The third kappa shape index (κ3) is 2.95. The lowest BCUT2D eigenvalue weighted by molar-refractivity contribution is -0.135. The van der Waals surface area contributed by atoms with Gasteiger partial charge in [0.05, 0.1) is 17.7 Å². The number of ether oxygens (including phenoxy) is 1. The number of aryl methyl sites for hydroxylation is 1. The van der Waals surface area contributed by atoms with Gasteiger partial charge in [0.25, 0.3) is 5.56 Å². The Labute approximate surface area is 146 Å². The van der Waals surface area contributed by atoms with E-state index in [9.17, 15) is 9.59 Å². The van der Waals surface area contributed by atoms with Gasteiger partial charge in [-0.1, -0.05) is 18.2 Å². The van der Waals surface area contributed by atoms with Gasteiger partial charge in [-0.25, -0.2) is 4.68 Å². The van der Waals surface area contributed by atoms with Crippen molar-refractivity contribution in [2.45, 2.75) is 32.7 Å². The second-order valence-corrected chi connectivity index (χ2v) is 7.32. The summed E-state index contributed by atoms with van der Waals surface area (Å²) in [6, 6.07) is 7.41. The van der Waals surface area contributed by atoms with E-state index < -0.39 is 0 Å². The van der Waals surface area contributed by atoms with Gasteiger partial charge >= 0.3 is 0 Å². The largest absolute Gasteiger partial charge is 0.381 e. The van der Waals surface area contributed by atoms with Crippen LogP contribution in [0.5, 0.6) is 0 Å². The van der Waals surface area contributed by atoms with Crippen LogP contribution < -0.4 is 5.56 Å². The number of piperidine rings is 1. The highest BCUT2D eigenvalue weighted by molar-refractivity contribution is 5.83. The fourth-order valence-corrected chi connectivity index (χ4v) is 4.13. The fraction of sp³-hybridized carbons (Fsp3) is 0.526. The highest BCUT2D eigenvalue weighted by atomic mass is 16.5. The van der Waals surface area contributed by atoms with E-state index >= 15 is 0 Å². The quantitative estimate of drug-likeness (QED) is 0.834. The topological polar surface area (TPSA) is 64.4 Å². The number of likely N-dealkylation sites (tertiary alicyclic amines) is 1. The van der Waals surface area contributed by atoms with E-state index in [1.807, 2.05) is 30.0 Å². The molecule has 1 atom stereocenters. The molecule has 2 fully saturated rings. The minimum atomic E-state index is -0.203. The number of amides is 1. The molecule has 0 bridgehead atoms. The molecule has 6 heteroatoms. The fourth-order valence-electron chi connectivity index (χ4n) is 4.13. The van der Waals surface area contributed by atoms with Gasteiger partial charge < -0.3 is 9.64 Å². The molecule has 2 aliphatic rings. The van der Waals surface area contributed by atoms with Gasteiger partial charge in [-0.3, -0.25) is 9.59 Å². The number of hydrogen-bond donors (Lipinski definition) is 0. The first kappa shape index (κ1) is 16.3. The van der Waals surface area contributed by atoms with Crippen molar-refractivity contribution in [2.75, 3.05) is 26.3 Å². The maximum absolute atomic E-state index is 12.8. The lowest BCUT2D eigenvalue weighted by Gasteiger charge is -2.39. The van der Waals surface area contributed by atoms with Crippen molar-refractivity contribution in [2.24, 2.45) is 5.41 Å². The third-order valence-corrected chi connectivity index (χ3v) is 5.54. The number of carbonyl (C=O) groups is 1. The van der Waals surface area contributed by atoms with Gasteiger partial charge in [0.1, 0.15) is 6.54 Å². The Hall–Kier alpha value is -2.21. The molecular formula is C19H23N3O3. The summed E-state index contributed by atoms with van der Waals surface area (Å²) in [5.74, 6) is -0.0322. The number of rotatable bonds is 2. The van der Waals surface area contributed by atoms with Crippen molar-refractivity contribution in [3.63, 3.8) is 0 Å². The molecule has 0 radical (unpaired) electrons. The molecule has 4 rings (SSSR count). The lowest BCUT2D eigenvalue weighted by Crippen LogP contribution is -2.48. The SMILES string of the molecule is Cc1nn(CC(=O)N2CCC[C@@]3(CCOC3)C2)c(=O)c2ccccc12. The summed E-state index contributed by atoms with van der Waals surface area (Å²) in [5, 5.41) is 5.81. The third-order valence-electron chi connectivity index (χ3n) is 5.54. The van der Waals surface area contributed by atoms with Crippen LogP contribution in [-0.2, 0) is 16.1 Å². The van der Waals surface area contributed by atoms with Crippen molar-refractivity contribution in [3.8, 4) is 0 Å². The van der Waals surface area contributed by atoms with Crippen LogP contribution in [0.4, 0.5) is 0 Å². The zero-order valence-electron chi connectivity index (χ0n) is 14.5. The van der Waals surface area contributed by atoms with Crippen LogP contribution in [0, 0.1) is 12.3 Å². The Morgan fingerprint density at radius 2 is 2.08 bits per heavy atom. The van der Waals surface area contributed by atoms with Crippen LogP contribution in [0.15, 0.2) is 29.1 Å². The van der Waals surface area contributed by atoms with E-state index in [-0.39, 0.29) is 23.4 Å². The Kier molecular flexibility index (Phi) is 4.07. The Morgan fingerprint density at radius 1 is 1.28 bits per heavy atom. The van der Waals surface area contributed by atoms with Crippen LogP contribution in [0.25, 0.3) is 10.8 Å². The number of nitrogens with zero attached hydrogens (tertiary/aromatic N) is 3. The van der Waals surface area contributed by atoms with Crippen molar-refractivity contribution in [3.05, 3.63) is 40.3 Å². The van der Waals surface area contributed by atoms with E-state index in [1.165, 1.54) is 4.68 Å². The molecule has 0 aliphatic carbocycles. The first-order valence-corrected chi connectivity index (χ1v) is 8.90. The molecule has 0 unspecified atom stereocenters. The summed E-state index contributed by atoms with van der Waals surface area (Å²) in [5.41, 5.74) is 0.679. The van der Waals surface area contributed by atoms with Gasteiger partial charge in [0, 0.05) is 30.5 Å². The molecule has 1 aromatic heterocycles. The predicted octanol–water partition coefficient (Wildman–Crippen LogP) is 1.73. The molecule has 1 aromatic carbocycles. The van der Waals surface area contributed by atoms with E-state index in [2.05, 4.69) is 5.10 Å². The Morgan fingerprint density at radius 3 is 2.84 bits per heavy atom. The minimum absolute atomic E-state index is 0.00143. The summed E-state index contributed by atoms with van der Waals surface area (Å²) >= 11 is 0. The maximum Gasteiger partial charge on any atom is 0.275 e. The van der Waals surface area contributed by atoms with E-state index in [0.717, 1.165) is 56.6 Å². The summed E-state index contributed by atoms with van der Waals surface area (Å²) in [6.07, 6.45) is 3.13. The zero-order valence-corrected chi connectivity index (χ0v) is 14.5. The Balaban J connectivity index is 1.58. The molecule has 1 spiro atoms. The van der Waals surface area contributed by atoms with E-state index in [0.29, 0.717) is 5.39 Å². The van der Waals surface area contributed by atoms with Gasteiger partial charge in [0.15, 0.2) is 0 Å². The lowest BCUT2D eigenvalue weighted by atomic mass is 9.79. The summed E-state index contributed by atoms with van der Waals surface area (Å²) in [4.78, 5) is 27.3. The molecule has 2 aromatic rings. The summed E-state index contributed by atoms with van der Waals surface area (Å²) in [6.45, 7) is 4.88. The highest BCUT2D eigenvalue weighted by Crippen LogP contribution is 2.37. The van der Waals surface area contributed by atoms with E-state index in [4.69, 9.17) is 4.74 Å². The number of aromatic nitrogens is 2.